The molecule has 1 aromatic carbocycles. The summed E-state index contributed by atoms with van der Waals surface area (Å²) in [4.78, 5) is 15.1. The normalized spacial score (nSPS) is 18.2. The zero-order chi connectivity index (χ0) is 17.8. The molecule has 3 rings (SSSR count). The van der Waals surface area contributed by atoms with Crippen LogP contribution in [0.1, 0.15) is 66.3 Å². The maximum absolute atomic E-state index is 13.0. The van der Waals surface area contributed by atoms with E-state index in [0.717, 1.165) is 36.4 Å². The van der Waals surface area contributed by atoms with E-state index in [-0.39, 0.29) is 11.9 Å². The Balaban J connectivity index is 1.75. The van der Waals surface area contributed by atoms with Gasteiger partial charge in [0.1, 0.15) is 5.76 Å². The van der Waals surface area contributed by atoms with Crippen LogP contribution in [0.25, 0.3) is 0 Å². The first-order chi connectivity index (χ1) is 12.1. The van der Waals surface area contributed by atoms with Crippen molar-refractivity contribution in [3.8, 4) is 0 Å². The Morgan fingerprint density at radius 1 is 1.24 bits per heavy atom. The smallest absolute Gasteiger partial charge is 0.223 e. The number of likely N-dealkylation sites (tertiary alicyclic amines) is 1. The zero-order valence-electron chi connectivity index (χ0n) is 15.5. The maximum Gasteiger partial charge on any atom is 0.223 e. The zero-order valence-corrected chi connectivity index (χ0v) is 15.5. The third-order valence-corrected chi connectivity index (χ3v) is 5.27. The molecule has 4 nitrogen and oxygen atoms in total. The van der Waals surface area contributed by atoms with E-state index >= 15 is 0 Å². The van der Waals surface area contributed by atoms with Gasteiger partial charge in [-0.3, -0.25) is 4.79 Å². The van der Waals surface area contributed by atoms with E-state index in [1.54, 1.807) is 0 Å². The van der Waals surface area contributed by atoms with Crippen molar-refractivity contribution in [2.24, 2.45) is 0 Å². The van der Waals surface area contributed by atoms with E-state index in [9.17, 15) is 4.79 Å². The van der Waals surface area contributed by atoms with E-state index < -0.39 is 0 Å². The fourth-order valence-electron chi connectivity index (χ4n) is 3.87. The van der Waals surface area contributed by atoms with Crippen LogP contribution in [0.3, 0.4) is 0 Å². The summed E-state index contributed by atoms with van der Waals surface area (Å²) in [5.74, 6) is 1.07. The topological polar surface area (TPSA) is 46.3 Å². The summed E-state index contributed by atoms with van der Waals surface area (Å²) in [6.45, 7) is 6.84. The molecule has 134 valence electrons. The van der Waals surface area contributed by atoms with Crippen LogP contribution in [-0.2, 0) is 11.2 Å². The fourth-order valence-corrected chi connectivity index (χ4v) is 3.87. The van der Waals surface area contributed by atoms with Gasteiger partial charge in [0.05, 0.1) is 11.7 Å². The molecule has 1 fully saturated rings. The molecule has 25 heavy (non-hydrogen) atoms. The Bertz CT molecular complexity index is 716. The van der Waals surface area contributed by atoms with Gasteiger partial charge in [0.25, 0.3) is 0 Å². The van der Waals surface area contributed by atoms with Crippen molar-refractivity contribution in [1.29, 1.82) is 0 Å². The first-order valence-corrected chi connectivity index (χ1v) is 9.34. The lowest BCUT2D eigenvalue weighted by molar-refractivity contribution is -0.133. The van der Waals surface area contributed by atoms with Crippen molar-refractivity contribution >= 4 is 5.91 Å². The molecule has 0 spiro atoms. The Hall–Kier alpha value is -2.10. The molecule has 0 N–H and O–H groups in total. The van der Waals surface area contributed by atoms with Crippen molar-refractivity contribution in [2.45, 2.75) is 65.3 Å². The minimum absolute atomic E-state index is 0.208. The molecular formula is C21H28N2O2. The highest BCUT2D eigenvalue weighted by Gasteiger charge is 2.27. The molecule has 2 heterocycles. The van der Waals surface area contributed by atoms with Gasteiger partial charge in [-0.1, -0.05) is 47.8 Å². The molecule has 0 bridgehead atoms. The first kappa shape index (κ1) is 17.7. The van der Waals surface area contributed by atoms with Gasteiger partial charge in [0, 0.05) is 18.5 Å². The minimum atomic E-state index is 0.208. The minimum Gasteiger partial charge on any atom is -0.361 e. The van der Waals surface area contributed by atoms with Crippen molar-refractivity contribution in [3.63, 3.8) is 0 Å². The van der Waals surface area contributed by atoms with E-state index in [1.807, 2.05) is 13.8 Å². The molecular weight excluding hydrogens is 312 g/mol. The van der Waals surface area contributed by atoms with E-state index in [4.69, 9.17) is 4.52 Å². The highest BCUT2D eigenvalue weighted by atomic mass is 16.5. The number of nitrogens with zero attached hydrogens (tertiary/aromatic N) is 2. The van der Waals surface area contributed by atoms with E-state index in [2.05, 4.69) is 41.2 Å². The van der Waals surface area contributed by atoms with Crippen LogP contribution in [-0.4, -0.2) is 22.5 Å². The van der Waals surface area contributed by atoms with Gasteiger partial charge in [-0.25, -0.2) is 0 Å². The molecule has 0 saturated carbocycles. The molecule has 0 aliphatic carbocycles. The van der Waals surface area contributed by atoms with E-state index in [1.165, 1.54) is 24.0 Å². The molecule has 1 aromatic heterocycles. The fraction of sp³-hybridized carbons (Fsp3) is 0.524. The van der Waals surface area contributed by atoms with Crippen LogP contribution in [0.2, 0.25) is 0 Å². The molecule has 1 amide bonds. The second kappa shape index (κ2) is 7.85. The second-order valence-corrected chi connectivity index (χ2v) is 7.17. The number of benzene rings is 1. The van der Waals surface area contributed by atoms with Crippen LogP contribution in [0.4, 0.5) is 0 Å². The molecule has 1 aliphatic heterocycles. The average Bonchev–Trinajstić information content (AvgIpc) is 2.79. The number of carbonyl (C=O) groups excluding carboxylic acids is 1. The van der Waals surface area contributed by atoms with Crippen LogP contribution >= 0.6 is 0 Å². The van der Waals surface area contributed by atoms with Crippen LogP contribution in [0, 0.1) is 20.8 Å². The number of hydrogen-bond donors (Lipinski definition) is 0. The first-order valence-electron chi connectivity index (χ1n) is 9.34. The summed E-state index contributed by atoms with van der Waals surface area (Å²) in [7, 11) is 0. The van der Waals surface area contributed by atoms with Gasteiger partial charge < -0.3 is 9.42 Å². The molecule has 2 aromatic rings. The summed E-state index contributed by atoms with van der Waals surface area (Å²) < 4.78 is 5.22. The average molecular weight is 340 g/mol. The highest BCUT2D eigenvalue weighted by molar-refractivity contribution is 5.77. The summed E-state index contributed by atoms with van der Waals surface area (Å²) in [5, 5.41) is 3.99. The lowest BCUT2D eigenvalue weighted by atomic mass is 9.98. The number of aromatic nitrogens is 1. The van der Waals surface area contributed by atoms with Crippen molar-refractivity contribution < 1.29 is 9.32 Å². The maximum atomic E-state index is 13.0. The lowest BCUT2D eigenvalue weighted by Crippen LogP contribution is -2.35. The molecule has 4 heteroatoms. The van der Waals surface area contributed by atoms with Gasteiger partial charge >= 0.3 is 0 Å². The summed E-state index contributed by atoms with van der Waals surface area (Å²) in [5.41, 5.74) is 4.50. The molecule has 1 aliphatic rings. The van der Waals surface area contributed by atoms with Gasteiger partial charge in [0.15, 0.2) is 0 Å². The number of amides is 1. The van der Waals surface area contributed by atoms with E-state index in [0.29, 0.717) is 12.8 Å². The Morgan fingerprint density at radius 2 is 2.08 bits per heavy atom. The largest absolute Gasteiger partial charge is 0.361 e. The molecule has 0 radical (unpaired) electrons. The van der Waals surface area contributed by atoms with Crippen molar-refractivity contribution in [3.05, 3.63) is 52.4 Å². The SMILES string of the molecule is Cc1cccc(C2CCCCCN2C(=O)CCc2c(C)noc2C)c1. The third kappa shape index (κ3) is 4.12. The quantitative estimate of drug-likeness (QED) is 0.812. The third-order valence-electron chi connectivity index (χ3n) is 5.27. The summed E-state index contributed by atoms with van der Waals surface area (Å²) in [6, 6.07) is 8.81. The van der Waals surface area contributed by atoms with Gasteiger partial charge in [0.2, 0.25) is 5.91 Å². The Kier molecular flexibility index (Phi) is 5.57. The molecule has 1 atom stereocenters. The van der Waals surface area contributed by atoms with Gasteiger partial charge in [-0.15, -0.1) is 0 Å². The van der Waals surface area contributed by atoms with Gasteiger partial charge in [-0.05, 0) is 45.6 Å². The number of rotatable bonds is 4. The summed E-state index contributed by atoms with van der Waals surface area (Å²) in [6.07, 6.45) is 5.77. The monoisotopic (exact) mass is 340 g/mol. The van der Waals surface area contributed by atoms with Gasteiger partial charge in [-0.2, -0.15) is 0 Å². The standard InChI is InChI=1S/C21H28N2O2/c1-15-8-7-9-18(14-15)20-10-5-4-6-13-23(20)21(24)12-11-19-16(2)22-25-17(19)3/h7-9,14,20H,4-6,10-13H2,1-3H3. The van der Waals surface area contributed by atoms with Crippen LogP contribution < -0.4 is 0 Å². The number of aryl methyl sites for hydroxylation is 3. The van der Waals surface area contributed by atoms with Crippen LogP contribution in [0.5, 0.6) is 0 Å². The van der Waals surface area contributed by atoms with Crippen molar-refractivity contribution in [2.75, 3.05) is 6.54 Å². The number of hydrogen-bond acceptors (Lipinski definition) is 3. The van der Waals surface area contributed by atoms with Crippen molar-refractivity contribution in [1.82, 2.24) is 10.1 Å². The van der Waals surface area contributed by atoms with Crippen LogP contribution in [0.15, 0.2) is 28.8 Å². The predicted molar refractivity (Wildman–Crippen MR) is 98.4 cm³/mol. The Labute approximate surface area is 150 Å². The molecule has 1 unspecified atom stereocenters. The molecule has 1 saturated heterocycles. The second-order valence-electron chi connectivity index (χ2n) is 7.17. The Morgan fingerprint density at radius 3 is 2.80 bits per heavy atom. The number of carbonyl (C=O) groups is 1. The predicted octanol–water partition coefficient (Wildman–Crippen LogP) is 4.68. The lowest BCUT2D eigenvalue weighted by Gasteiger charge is -2.31. The highest BCUT2D eigenvalue weighted by Crippen LogP contribution is 2.31. The summed E-state index contributed by atoms with van der Waals surface area (Å²) >= 11 is 0.